The van der Waals surface area contributed by atoms with E-state index in [4.69, 9.17) is 5.11 Å². The summed E-state index contributed by atoms with van der Waals surface area (Å²) < 4.78 is 1.59. The number of carbonyl (C=O) groups excluding carboxylic acids is 1. The van der Waals surface area contributed by atoms with Crippen molar-refractivity contribution in [2.75, 3.05) is 18.4 Å². The molecule has 102 valence electrons. The Morgan fingerprint density at radius 2 is 2.16 bits per heavy atom. The number of nitrogens with one attached hydrogen (secondary N) is 2. The van der Waals surface area contributed by atoms with Crippen LogP contribution in [0.5, 0.6) is 0 Å². The molecule has 0 aliphatic heterocycles. The van der Waals surface area contributed by atoms with E-state index in [1.807, 2.05) is 0 Å². The highest BCUT2D eigenvalue weighted by molar-refractivity contribution is 5.84. The first-order valence-electron chi connectivity index (χ1n) is 5.87. The van der Waals surface area contributed by atoms with Crippen LogP contribution in [0.15, 0.2) is 17.2 Å². The normalized spacial score (nSPS) is 13.9. The van der Waals surface area contributed by atoms with Gasteiger partial charge in [0.25, 0.3) is 5.56 Å². The van der Waals surface area contributed by atoms with Gasteiger partial charge in [0.1, 0.15) is 6.54 Å². The van der Waals surface area contributed by atoms with E-state index in [9.17, 15) is 14.4 Å². The molecule has 19 heavy (non-hydrogen) atoms. The van der Waals surface area contributed by atoms with Gasteiger partial charge in [-0.25, -0.2) is 4.98 Å². The molecule has 1 saturated carbocycles. The fourth-order valence-corrected chi connectivity index (χ4v) is 1.59. The first-order valence-corrected chi connectivity index (χ1v) is 5.87. The highest BCUT2D eigenvalue weighted by Crippen LogP contribution is 2.33. The summed E-state index contributed by atoms with van der Waals surface area (Å²) in [5.74, 6) is -1.53. The third-order valence-corrected chi connectivity index (χ3v) is 2.66. The minimum atomic E-state index is -1.12. The second kappa shape index (κ2) is 5.51. The number of aliphatic carboxylic acids is 1. The Morgan fingerprint density at radius 1 is 1.42 bits per heavy atom. The molecule has 0 spiro atoms. The van der Waals surface area contributed by atoms with Gasteiger partial charge in [-0.15, -0.1) is 0 Å². The summed E-state index contributed by atoms with van der Waals surface area (Å²) in [4.78, 5) is 37.4. The molecule has 0 unspecified atom stereocenters. The summed E-state index contributed by atoms with van der Waals surface area (Å²) in [5, 5.41) is 13.2. The quantitative estimate of drug-likeness (QED) is 0.620. The molecule has 8 heteroatoms. The Kier molecular flexibility index (Phi) is 3.79. The molecule has 2 rings (SSSR count). The van der Waals surface area contributed by atoms with Gasteiger partial charge in [0.05, 0.1) is 6.54 Å². The van der Waals surface area contributed by atoms with Gasteiger partial charge in [0, 0.05) is 18.4 Å². The number of carboxylic acids is 1. The number of carbonyl (C=O) groups is 2. The van der Waals surface area contributed by atoms with Crippen molar-refractivity contribution >= 4 is 17.7 Å². The molecular weight excluding hydrogens is 252 g/mol. The molecule has 0 saturated heterocycles. The molecule has 0 atom stereocenters. The van der Waals surface area contributed by atoms with Crippen LogP contribution in [0.25, 0.3) is 0 Å². The van der Waals surface area contributed by atoms with Gasteiger partial charge in [0.15, 0.2) is 5.82 Å². The predicted molar refractivity (Wildman–Crippen MR) is 65.9 cm³/mol. The summed E-state index contributed by atoms with van der Waals surface area (Å²) in [6.45, 7) is -0.640. The maximum absolute atomic E-state index is 11.9. The number of anilines is 1. The second-order valence-electron chi connectivity index (χ2n) is 4.24. The maximum Gasteiger partial charge on any atom is 0.322 e. The molecule has 0 aromatic carbocycles. The molecule has 1 aliphatic carbocycles. The van der Waals surface area contributed by atoms with Crippen molar-refractivity contribution in [2.45, 2.75) is 18.9 Å². The maximum atomic E-state index is 11.9. The molecule has 1 aromatic rings. The van der Waals surface area contributed by atoms with E-state index in [1.54, 1.807) is 10.8 Å². The van der Waals surface area contributed by atoms with Gasteiger partial charge >= 0.3 is 5.97 Å². The number of amides is 1. The Hall–Kier alpha value is -2.38. The van der Waals surface area contributed by atoms with E-state index in [0.29, 0.717) is 0 Å². The minimum Gasteiger partial charge on any atom is -0.480 e. The van der Waals surface area contributed by atoms with Crippen LogP contribution >= 0.6 is 0 Å². The monoisotopic (exact) mass is 266 g/mol. The Balaban J connectivity index is 1.92. The van der Waals surface area contributed by atoms with Crippen molar-refractivity contribution in [2.24, 2.45) is 0 Å². The molecule has 1 aliphatic rings. The number of aromatic nitrogens is 2. The van der Waals surface area contributed by atoms with Crippen LogP contribution in [-0.4, -0.2) is 39.6 Å². The van der Waals surface area contributed by atoms with E-state index < -0.39 is 18.4 Å². The third-order valence-electron chi connectivity index (χ3n) is 2.66. The summed E-state index contributed by atoms with van der Waals surface area (Å²) in [6.07, 6.45) is 5.07. The number of hydrogen-bond acceptors (Lipinski definition) is 5. The molecule has 1 fully saturated rings. The molecular formula is C11H14N4O4. The van der Waals surface area contributed by atoms with Crippen molar-refractivity contribution in [1.29, 1.82) is 0 Å². The lowest BCUT2D eigenvalue weighted by Gasteiger charge is -2.07. The van der Waals surface area contributed by atoms with Crippen LogP contribution in [0.3, 0.4) is 0 Å². The number of nitrogens with zero attached hydrogens (tertiary/aromatic N) is 2. The zero-order chi connectivity index (χ0) is 13.8. The molecule has 1 heterocycles. The van der Waals surface area contributed by atoms with E-state index >= 15 is 0 Å². The highest BCUT2D eigenvalue weighted by atomic mass is 16.4. The summed E-state index contributed by atoms with van der Waals surface area (Å²) in [6, 6.07) is 0.233. The summed E-state index contributed by atoms with van der Waals surface area (Å²) in [7, 11) is 0. The predicted octanol–water partition coefficient (Wildman–Crippen LogP) is -0.809. The lowest BCUT2D eigenvalue weighted by Crippen LogP contribution is -2.35. The zero-order valence-corrected chi connectivity index (χ0v) is 10.1. The average molecular weight is 266 g/mol. The SMILES string of the molecule is O=C(O)CNC(=O)CNc1nccn(C2CC2)c1=O. The zero-order valence-electron chi connectivity index (χ0n) is 10.1. The van der Waals surface area contributed by atoms with Crippen LogP contribution in [0.4, 0.5) is 5.82 Å². The molecule has 1 amide bonds. The van der Waals surface area contributed by atoms with E-state index in [0.717, 1.165) is 12.8 Å². The van der Waals surface area contributed by atoms with E-state index in [1.165, 1.54) is 6.20 Å². The molecule has 3 N–H and O–H groups in total. The van der Waals surface area contributed by atoms with Gasteiger partial charge in [-0.3, -0.25) is 14.4 Å². The number of carboxylic acid groups (broad SMARTS) is 1. The van der Waals surface area contributed by atoms with Gasteiger partial charge in [-0.05, 0) is 12.8 Å². The topological polar surface area (TPSA) is 113 Å². The fraction of sp³-hybridized carbons (Fsp3) is 0.455. The fourth-order valence-electron chi connectivity index (χ4n) is 1.59. The van der Waals surface area contributed by atoms with Crippen molar-refractivity contribution in [3.8, 4) is 0 Å². The minimum absolute atomic E-state index is 0.0971. The van der Waals surface area contributed by atoms with Crippen LogP contribution in [0.2, 0.25) is 0 Å². The standard InChI is InChI=1S/C11H14N4O4/c16-8(13-6-9(17)18)5-14-10-11(19)15(4-3-12-10)7-1-2-7/h3-4,7H,1-2,5-6H2,(H,12,14)(H,13,16)(H,17,18). The van der Waals surface area contributed by atoms with Crippen LogP contribution in [-0.2, 0) is 9.59 Å². The first kappa shape index (κ1) is 13.1. The molecule has 0 radical (unpaired) electrons. The number of rotatable bonds is 6. The van der Waals surface area contributed by atoms with E-state index in [2.05, 4.69) is 15.6 Å². The molecule has 1 aromatic heterocycles. The van der Waals surface area contributed by atoms with Gasteiger partial charge in [-0.1, -0.05) is 0 Å². The van der Waals surface area contributed by atoms with Crippen molar-refractivity contribution in [3.05, 3.63) is 22.7 Å². The summed E-state index contributed by atoms with van der Waals surface area (Å²) >= 11 is 0. The van der Waals surface area contributed by atoms with Crippen LogP contribution in [0.1, 0.15) is 18.9 Å². The van der Waals surface area contributed by atoms with Crippen LogP contribution < -0.4 is 16.2 Å². The average Bonchev–Trinajstić information content (AvgIpc) is 3.19. The lowest BCUT2D eigenvalue weighted by molar-refractivity contribution is -0.137. The molecule has 0 bridgehead atoms. The van der Waals surface area contributed by atoms with Crippen molar-refractivity contribution in [3.63, 3.8) is 0 Å². The largest absolute Gasteiger partial charge is 0.480 e. The highest BCUT2D eigenvalue weighted by Gasteiger charge is 2.25. The Bertz CT molecular complexity index is 550. The Morgan fingerprint density at radius 3 is 2.79 bits per heavy atom. The lowest BCUT2D eigenvalue weighted by atomic mass is 10.5. The summed E-state index contributed by atoms with van der Waals surface area (Å²) in [5.41, 5.74) is -0.268. The Labute approximate surface area is 108 Å². The van der Waals surface area contributed by atoms with Gasteiger partial charge < -0.3 is 20.3 Å². The van der Waals surface area contributed by atoms with Crippen LogP contribution in [0, 0.1) is 0 Å². The number of hydrogen-bond donors (Lipinski definition) is 3. The third kappa shape index (κ3) is 3.54. The van der Waals surface area contributed by atoms with Gasteiger partial charge in [-0.2, -0.15) is 0 Å². The van der Waals surface area contributed by atoms with Gasteiger partial charge in [0.2, 0.25) is 5.91 Å². The van der Waals surface area contributed by atoms with E-state index in [-0.39, 0.29) is 24.0 Å². The first-order chi connectivity index (χ1) is 9.08. The van der Waals surface area contributed by atoms with Crippen molar-refractivity contribution < 1.29 is 14.7 Å². The second-order valence-corrected chi connectivity index (χ2v) is 4.24. The molecule has 8 nitrogen and oxygen atoms in total. The van der Waals surface area contributed by atoms with Crippen molar-refractivity contribution in [1.82, 2.24) is 14.9 Å². The smallest absolute Gasteiger partial charge is 0.322 e.